The molecule has 1 aliphatic heterocycles. The normalized spacial score (nSPS) is 14.3. The minimum absolute atomic E-state index is 0.655. The molecule has 3 aromatic rings. The molecule has 0 spiro atoms. The zero-order chi connectivity index (χ0) is 15.1. The van der Waals surface area contributed by atoms with Crippen LogP contribution in [0.1, 0.15) is 23.1 Å². The van der Waals surface area contributed by atoms with Crippen molar-refractivity contribution >= 4 is 32.4 Å². The van der Waals surface area contributed by atoms with E-state index in [1.165, 1.54) is 33.5 Å². The zero-order valence-electron chi connectivity index (χ0n) is 12.7. The van der Waals surface area contributed by atoms with Crippen LogP contribution in [0.15, 0.2) is 36.4 Å². The predicted molar refractivity (Wildman–Crippen MR) is 94.6 cm³/mol. The number of nitrogens with zero attached hydrogens (tertiary/aromatic N) is 2. The van der Waals surface area contributed by atoms with Gasteiger partial charge in [0.15, 0.2) is 5.13 Å². The van der Waals surface area contributed by atoms with E-state index in [4.69, 9.17) is 5.73 Å². The van der Waals surface area contributed by atoms with Gasteiger partial charge in [-0.25, -0.2) is 4.98 Å². The Bertz CT molecular complexity index is 837. The summed E-state index contributed by atoms with van der Waals surface area (Å²) in [6.07, 6.45) is 2.35. The monoisotopic (exact) mass is 309 g/mol. The van der Waals surface area contributed by atoms with E-state index in [1.807, 2.05) is 0 Å². The van der Waals surface area contributed by atoms with Crippen LogP contribution in [0.4, 0.5) is 10.8 Å². The highest BCUT2D eigenvalue weighted by atomic mass is 32.1. The molecule has 0 unspecified atom stereocenters. The van der Waals surface area contributed by atoms with Crippen LogP contribution in [0.25, 0.3) is 10.2 Å². The largest absolute Gasteiger partial charge is 0.375 e. The van der Waals surface area contributed by atoms with Crippen molar-refractivity contribution in [1.29, 1.82) is 0 Å². The van der Waals surface area contributed by atoms with E-state index in [2.05, 4.69) is 53.2 Å². The first-order valence-electron chi connectivity index (χ1n) is 7.69. The van der Waals surface area contributed by atoms with E-state index in [-0.39, 0.29) is 0 Å². The van der Waals surface area contributed by atoms with Crippen LogP contribution in [-0.4, -0.2) is 11.5 Å². The molecule has 22 heavy (non-hydrogen) atoms. The smallest absolute Gasteiger partial charge is 0.181 e. The highest BCUT2D eigenvalue weighted by molar-refractivity contribution is 7.22. The van der Waals surface area contributed by atoms with Crippen molar-refractivity contribution < 1.29 is 0 Å². The number of hydrogen-bond acceptors (Lipinski definition) is 4. The average molecular weight is 309 g/mol. The Labute approximate surface area is 134 Å². The van der Waals surface area contributed by atoms with Gasteiger partial charge in [0.1, 0.15) is 0 Å². The Hall–Kier alpha value is -2.07. The third kappa shape index (κ3) is 2.33. The first-order chi connectivity index (χ1) is 10.7. The van der Waals surface area contributed by atoms with Gasteiger partial charge in [0.25, 0.3) is 0 Å². The number of rotatable bonds is 2. The van der Waals surface area contributed by atoms with Gasteiger partial charge in [-0.1, -0.05) is 35.6 Å². The topological polar surface area (TPSA) is 42.1 Å². The van der Waals surface area contributed by atoms with Crippen LogP contribution in [0.5, 0.6) is 0 Å². The maximum absolute atomic E-state index is 5.86. The van der Waals surface area contributed by atoms with Crippen LogP contribution < -0.4 is 10.6 Å². The second kappa shape index (κ2) is 5.29. The minimum Gasteiger partial charge on any atom is -0.375 e. The number of aromatic nitrogens is 1. The van der Waals surface area contributed by atoms with Gasteiger partial charge in [-0.05, 0) is 48.6 Å². The number of anilines is 2. The van der Waals surface area contributed by atoms with Crippen molar-refractivity contribution in [3.05, 3.63) is 53.1 Å². The van der Waals surface area contributed by atoms with E-state index in [1.54, 1.807) is 11.3 Å². The highest BCUT2D eigenvalue weighted by Crippen LogP contribution is 2.35. The Morgan fingerprint density at radius 2 is 2.14 bits per heavy atom. The molecule has 2 N–H and O–H groups in total. The van der Waals surface area contributed by atoms with Crippen LogP contribution in [0.2, 0.25) is 0 Å². The van der Waals surface area contributed by atoms with Gasteiger partial charge in [-0.15, -0.1) is 0 Å². The van der Waals surface area contributed by atoms with E-state index in [9.17, 15) is 0 Å². The number of fused-ring (bicyclic) bond motifs is 2. The van der Waals surface area contributed by atoms with Crippen molar-refractivity contribution in [2.45, 2.75) is 26.3 Å². The fourth-order valence-corrected chi connectivity index (χ4v) is 4.04. The number of nitrogens with two attached hydrogens (primary N) is 1. The summed E-state index contributed by atoms with van der Waals surface area (Å²) in [4.78, 5) is 6.93. The standard InChI is InChI=1S/C18H19N3S/c1-12-5-2-3-6-14(12)11-21-8-4-7-13-9-17-15(10-16(13)21)20-18(19)22-17/h2-3,5-6,9-10H,4,7-8,11H2,1H3,(H2,19,20). The van der Waals surface area contributed by atoms with Gasteiger partial charge >= 0.3 is 0 Å². The van der Waals surface area contributed by atoms with E-state index in [0.717, 1.165) is 25.0 Å². The number of hydrogen-bond donors (Lipinski definition) is 1. The maximum atomic E-state index is 5.86. The van der Waals surface area contributed by atoms with Gasteiger partial charge in [-0.3, -0.25) is 0 Å². The van der Waals surface area contributed by atoms with Gasteiger partial charge in [-0.2, -0.15) is 0 Å². The summed E-state index contributed by atoms with van der Waals surface area (Å²) in [5.41, 5.74) is 12.4. The summed E-state index contributed by atoms with van der Waals surface area (Å²) in [7, 11) is 0. The van der Waals surface area contributed by atoms with Crippen molar-refractivity contribution in [3.8, 4) is 0 Å². The Morgan fingerprint density at radius 1 is 1.27 bits per heavy atom. The lowest BCUT2D eigenvalue weighted by Gasteiger charge is -2.32. The molecule has 4 rings (SSSR count). The molecule has 2 aromatic carbocycles. The number of thiazole rings is 1. The molecule has 0 saturated heterocycles. The summed E-state index contributed by atoms with van der Waals surface area (Å²) >= 11 is 1.58. The zero-order valence-corrected chi connectivity index (χ0v) is 13.5. The van der Waals surface area contributed by atoms with E-state index in [0.29, 0.717) is 5.13 Å². The van der Waals surface area contributed by atoms with Crippen molar-refractivity contribution in [1.82, 2.24) is 4.98 Å². The summed E-state index contributed by atoms with van der Waals surface area (Å²) in [6.45, 7) is 4.25. The molecule has 0 amide bonds. The minimum atomic E-state index is 0.655. The molecule has 0 radical (unpaired) electrons. The number of benzene rings is 2. The summed E-state index contributed by atoms with van der Waals surface area (Å²) in [6, 6.07) is 13.1. The molecule has 1 aromatic heterocycles. The molecule has 0 fully saturated rings. The molecule has 0 bridgehead atoms. The van der Waals surface area contributed by atoms with Crippen LogP contribution >= 0.6 is 11.3 Å². The van der Waals surface area contributed by atoms with E-state index < -0.39 is 0 Å². The first-order valence-corrected chi connectivity index (χ1v) is 8.51. The molecule has 0 saturated carbocycles. The molecule has 1 aliphatic rings. The van der Waals surface area contributed by atoms with Gasteiger partial charge < -0.3 is 10.6 Å². The molecule has 3 nitrogen and oxygen atoms in total. The Kier molecular flexibility index (Phi) is 3.26. The Morgan fingerprint density at radius 3 is 3.00 bits per heavy atom. The molecular formula is C18H19N3S. The van der Waals surface area contributed by atoms with Crippen LogP contribution in [0, 0.1) is 6.92 Å². The third-order valence-corrected chi connectivity index (χ3v) is 5.29. The SMILES string of the molecule is Cc1ccccc1CN1CCCc2cc3sc(N)nc3cc21. The quantitative estimate of drug-likeness (QED) is 0.773. The fourth-order valence-electron chi connectivity index (χ4n) is 3.26. The summed E-state index contributed by atoms with van der Waals surface area (Å²) in [5, 5.41) is 0.655. The molecule has 112 valence electrons. The van der Waals surface area contributed by atoms with Crippen LogP contribution in [0.3, 0.4) is 0 Å². The molecule has 2 heterocycles. The molecule has 0 atom stereocenters. The second-order valence-electron chi connectivity index (χ2n) is 5.95. The van der Waals surface area contributed by atoms with Gasteiger partial charge in [0, 0.05) is 18.8 Å². The fraction of sp³-hybridized carbons (Fsp3) is 0.278. The van der Waals surface area contributed by atoms with Gasteiger partial charge in [0.2, 0.25) is 0 Å². The van der Waals surface area contributed by atoms with Crippen LogP contribution in [-0.2, 0) is 13.0 Å². The van der Waals surface area contributed by atoms with Crippen molar-refractivity contribution in [2.75, 3.05) is 17.2 Å². The lowest BCUT2D eigenvalue weighted by atomic mass is 10.00. The van der Waals surface area contributed by atoms with Crippen molar-refractivity contribution in [2.24, 2.45) is 0 Å². The second-order valence-corrected chi connectivity index (χ2v) is 7.01. The third-order valence-electron chi connectivity index (χ3n) is 4.44. The maximum Gasteiger partial charge on any atom is 0.181 e. The number of aryl methyl sites for hydroxylation is 2. The molecule has 0 aliphatic carbocycles. The molecular weight excluding hydrogens is 290 g/mol. The Balaban J connectivity index is 1.75. The first kappa shape index (κ1) is 13.6. The summed E-state index contributed by atoms with van der Waals surface area (Å²) < 4.78 is 1.20. The number of nitrogen functional groups attached to an aromatic ring is 1. The summed E-state index contributed by atoms with van der Waals surface area (Å²) in [5.74, 6) is 0. The van der Waals surface area contributed by atoms with E-state index >= 15 is 0 Å². The lowest BCUT2D eigenvalue weighted by Crippen LogP contribution is -2.29. The average Bonchev–Trinajstić information content (AvgIpc) is 2.87. The van der Waals surface area contributed by atoms with Gasteiger partial charge in [0.05, 0.1) is 10.2 Å². The molecule has 4 heteroatoms. The predicted octanol–water partition coefficient (Wildman–Crippen LogP) is 4.14. The van der Waals surface area contributed by atoms with Crippen molar-refractivity contribution in [3.63, 3.8) is 0 Å². The highest BCUT2D eigenvalue weighted by Gasteiger charge is 2.19. The lowest BCUT2D eigenvalue weighted by molar-refractivity contribution is 0.691.